The van der Waals surface area contributed by atoms with Gasteiger partial charge in [0.05, 0.1) is 17.2 Å². The molecule has 0 aromatic carbocycles. The summed E-state index contributed by atoms with van der Waals surface area (Å²) in [6, 6.07) is 0. The molecule has 54 valence electrons. The van der Waals surface area contributed by atoms with E-state index in [2.05, 4.69) is 16.5 Å². The van der Waals surface area contributed by atoms with Crippen molar-refractivity contribution in [3.8, 4) is 0 Å². The van der Waals surface area contributed by atoms with E-state index in [4.69, 9.17) is 4.74 Å². The first-order valence-corrected chi connectivity index (χ1v) is 3.93. The second-order valence-corrected chi connectivity index (χ2v) is 3.46. The minimum atomic E-state index is -0.0434. The number of nitrogens with zero attached hydrogens (tertiary/aromatic N) is 2. The standard InChI is InChI=1S/C6H8N2OS/c1-4-5(10-8-7-4)6(2)3-9-6/h3H2,1-2H3. The second-order valence-electron chi connectivity index (χ2n) is 2.71. The predicted octanol–water partition coefficient (Wildman–Crippen LogP) is 1.09. The molecule has 1 aromatic heterocycles. The van der Waals surface area contributed by atoms with Crippen LogP contribution in [0.25, 0.3) is 0 Å². The third kappa shape index (κ3) is 0.759. The molecule has 2 rings (SSSR count). The summed E-state index contributed by atoms with van der Waals surface area (Å²) in [6.45, 7) is 4.85. The molecule has 1 unspecified atom stereocenters. The van der Waals surface area contributed by atoms with Gasteiger partial charge >= 0.3 is 0 Å². The maximum Gasteiger partial charge on any atom is 0.126 e. The van der Waals surface area contributed by atoms with Crippen LogP contribution in [0.3, 0.4) is 0 Å². The molecule has 1 aliphatic heterocycles. The molecule has 2 heterocycles. The van der Waals surface area contributed by atoms with Crippen LogP contribution in [0.4, 0.5) is 0 Å². The van der Waals surface area contributed by atoms with E-state index in [0.717, 1.165) is 12.3 Å². The predicted molar refractivity (Wildman–Crippen MR) is 38.0 cm³/mol. The van der Waals surface area contributed by atoms with Crippen molar-refractivity contribution < 1.29 is 4.74 Å². The van der Waals surface area contributed by atoms with Crippen molar-refractivity contribution in [1.82, 2.24) is 9.59 Å². The van der Waals surface area contributed by atoms with Crippen LogP contribution in [0.2, 0.25) is 0 Å². The highest BCUT2D eigenvalue weighted by Gasteiger charge is 2.44. The molecule has 0 amide bonds. The number of ether oxygens (including phenoxy) is 1. The molecule has 10 heavy (non-hydrogen) atoms. The second kappa shape index (κ2) is 1.77. The fourth-order valence-electron chi connectivity index (χ4n) is 0.953. The molecule has 0 aliphatic carbocycles. The Morgan fingerprint density at radius 3 is 2.80 bits per heavy atom. The minimum absolute atomic E-state index is 0.0434. The highest BCUT2D eigenvalue weighted by atomic mass is 32.1. The molecule has 0 N–H and O–H groups in total. The minimum Gasteiger partial charge on any atom is -0.364 e. The number of aromatic nitrogens is 2. The highest BCUT2D eigenvalue weighted by Crippen LogP contribution is 2.40. The summed E-state index contributed by atoms with van der Waals surface area (Å²) < 4.78 is 9.09. The van der Waals surface area contributed by atoms with Crippen molar-refractivity contribution in [2.45, 2.75) is 19.4 Å². The Labute approximate surface area is 63.2 Å². The fraction of sp³-hybridized carbons (Fsp3) is 0.667. The van der Waals surface area contributed by atoms with Crippen LogP contribution in [0.1, 0.15) is 17.5 Å². The largest absolute Gasteiger partial charge is 0.364 e. The average Bonchev–Trinajstić information content (AvgIpc) is 2.44. The van der Waals surface area contributed by atoms with Gasteiger partial charge < -0.3 is 4.74 Å². The van der Waals surface area contributed by atoms with Crippen LogP contribution in [-0.2, 0) is 10.3 Å². The van der Waals surface area contributed by atoms with Crippen LogP contribution in [-0.4, -0.2) is 16.2 Å². The molecule has 1 saturated heterocycles. The lowest BCUT2D eigenvalue weighted by atomic mass is 10.1. The summed E-state index contributed by atoms with van der Waals surface area (Å²) in [4.78, 5) is 1.17. The lowest BCUT2D eigenvalue weighted by Crippen LogP contribution is -2.00. The molecule has 4 heteroatoms. The zero-order valence-corrected chi connectivity index (χ0v) is 6.73. The topological polar surface area (TPSA) is 38.3 Å². The summed E-state index contributed by atoms with van der Waals surface area (Å²) in [5, 5.41) is 3.91. The maximum atomic E-state index is 5.25. The van der Waals surface area contributed by atoms with Crippen LogP contribution in [0.15, 0.2) is 0 Å². The molecule has 0 spiro atoms. The van der Waals surface area contributed by atoms with Gasteiger partial charge in [0.2, 0.25) is 0 Å². The van der Waals surface area contributed by atoms with Crippen LogP contribution in [0.5, 0.6) is 0 Å². The summed E-state index contributed by atoms with van der Waals surface area (Å²) >= 11 is 1.43. The lowest BCUT2D eigenvalue weighted by molar-refractivity contribution is 0.332. The van der Waals surface area contributed by atoms with Crippen LogP contribution in [0, 0.1) is 6.92 Å². The molecule has 0 bridgehead atoms. The van der Waals surface area contributed by atoms with E-state index in [0.29, 0.717) is 0 Å². The Balaban J connectivity index is 2.42. The van der Waals surface area contributed by atoms with Crippen LogP contribution < -0.4 is 0 Å². The summed E-state index contributed by atoms with van der Waals surface area (Å²) in [7, 11) is 0. The molecular weight excluding hydrogens is 148 g/mol. The van der Waals surface area contributed by atoms with Crippen molar-refractivity contribution >= 4 is 11.5 Å². The molecule has 0 saturated carbocycles. The third-order valence-electron chi connectivity index (χ3n) is 1.71. The maximum absolute atomic E-state index is 5.25. The van der Waals surface area contributed by atoms with E-state index in [1.807, 2.05) is 6.92 Å². The van der Waals surface area contributed by atoms with Gasteiger partial charge in [0.15, 0.2) is 0 Å². The van der Waals surface area contributed by atoms with Crippen molar-refractivity contribution in [3.05, 3.63) is 10.6 Å². The van der Waals surface area contributed by atoms with Crippen LogP contribution >= 0.6 is 11.5 Å². The first-order chi connectivity index (χ1) is 4.72. The summed E-state index contributed by atoms with van der Waals surface area (Å²) in [5.74, 6) is 0. The summed E-state index contributed by atoms with van der Waals surface area (Å²) in [5.41, 5.74) is 0.961. The quantitative estimate of drug-likeness (QED) is 0.571. The van der Waals surface area contributed by atoms with E-state index >= 15 is 0 Å². The van der Waals surface area contributed by atoms with Gasteiger partial charge in [-0.05, 0) is 25.4 Å². The van der Waals surface area contributed by atoms with E-state index in [9.17, 15) is 0 Å². The molecular formula is C6H8N2OS. The highest BCUT2D eigenvalue weighted by molar-refractivity contribution is 7.05. The number of hydrogen-bond donors (Lipinski definition) is 0. The summed E-state index contributed by atoms with van der Waals surface area (Å²) in [6.07, 6.45) is 0. The molecule has 1 fully saturated rings. The zero-order chi connectivity index (χ0) is 7.19. The van der Waals surface area contributed by atoms with Crippen molar-refractivity contribution in [3.63, 3.8) is 0 Å². The molecule has 1 atom stereocenters. The molecule has 3 nitrogen and oxygen atoms in total. The van der Waals surface area contributed by atoms with Gasteiger partial charge in [-0.3, -0.25) is 0 Å². The van der Waals surface area contributed by atoms with Crippen molar-refractivity contribution in [2.75, 3.05) is 6.61 Å². The Kier molecular flexibility index (Phi) is 1.10. The van der Waals surface area contributed by atoms with E-state index in [1.54, 1.807) is 0 Å². The van der Waals surface area contributed by atoms with Crippen molar-refractivity contribution in [2.24, 2.45) is 0 Å². The Morgan fingerprint density at radius 1 is 1.70 bits per heavy atom. The first kappa shape index (κ1) is 6.24. The van der Waals surface area contributed by atoms with Gasteiger partial charge in [-0.15, -0.1) is 5.10 Å². The Bertz CT molecular complexity index is 254. The lowest BCUT2D eigenvalue weighted by Gasteiger charge is -1.98. The van der Waals surface area contributed by atoms with Crippen molar-refractivity contribution in [1.29, 1.82) is 0 Å². The van der Waals surface area contributed by atoms with E-state index < -0.39 is 0 Å². The first-order valence-electron chi connectivity index (χ1n) is 3.16. The van der Waals surface area contributed by atoms with Gasteiger partial charge in [0, 0.05) is 0 Å². The monoisotopic (exact) mass is 156 g/mol. The van der Waals surface area contributed by atoms with Gasteiger partial charge in [0.25, 0.3) is 0 Å². The molecule has 1 aromatic rings. The van der Waals surface area contributed by atoms with Gasteiger partial charge in [-0.2, -0.15) is 0 Å². The Morgan fingerprint density at radius 2 is 2.40 bits per heavy atom. The van der Waals surface area contributed by atoms with E-state index in [1.165, 1.54) is 16.4 Å². The number of aryl methyl sites for hydroxylation is 1. The Hall–Kier alpha value is -0.480. The number of hydrogen-bond acceptors (Lipinski definition) is 4. The normalized spacial score (nSPS) is 30.6. The molecule has 1 aliphatic rings. The smallest absolute Gasteiger partial charge is 0.126 e. The molecule has 0 radical (unpaired) electrons. The van der Waals surface area contributed by atoms with Gasteiger partial charge in [0.1, 0.15) is 5.60 Å². The zero-order valence-electron chi connectivity index (χ0n) is 5.92. The SMILES string of the molecule is Cc1nnsc1C1(C)CO1. The fourth-order valence-corrected chi connectivity index (χ4v) is 1.68. The number of rotatable bonds is 1. The third-order valence-corrected chi connectivity index (χ3v) is 2.78. The van der Waals surface area contributed by atoms with E-state index in [-0.39, 0.29) is 5.60 Å². The number of epoxide rings is 1. The van der Waals surface area contributed by atoms with Gasteiger partial charge in [-0.1, -0.05) is 4.49 Å². The van der Waals surface area contributed by atoms with Gasteiger partial charge in [-0.25, -0.2) is 0 Å². The average molecular weight is 156 g/mol.